The van der Waals surface area contributed by atoms with E-state index in [0.717, 1.165) is 31.7 Å². The zero-order valence-corrected chi connectivity index (χ0v) is 8.52. The second kappa shape index (κ2) is 4.15. The Kier molecular flexibility index (Phi) is 2.89. The van der Waals surface area contributed by atoms with E-state index in [4.69, 9.17) is 4.42 Å². The summed E-state index contributed by atoms with van der Waals surface area (Å²) in [6.07, 6.45) is 3.54. The van der Waals surface area contributed by atoms with Crippen molar-refractivity contribution >= 4 is 0 Å². The molecule has 0 unspecified atom stereocenters. The second-order valence-electron chi connectivity index (χ2n) is 3.98. The number of hydrogen-bond donors (Lipinski definition) is 1. The Hall–Kier alpha value is -0.800. The van der Waals surface area contributed by atoms with Crippen molar-refractivity contribution in [2.75, 3.05) is 13.1 Å². The number of likely N-dealkylation sites (tertiary alicyclic amines) is 1. The lowest BCUT2D eigenvalue weighted by atomic mass is 10.1. The van der Waals surface area contributed by atoms with E-state index in [1.165, 1.54) is 0 Å². The number of piperidine rings is 1. The van der Waals surface area contributed by atoms with E-state index in [9.17, 15) is 5.11 Å². The summed E-state index contributed by atoms with van der Waals surface area (Å²) in [6, 6.07) is 4.18. The third-order valence-electron chi connectivity index (χ3n) is 2.93. The number of nitrogens with zero attached hydrogens (tertiary/aromatic N) is 1. The van der Waals surface area contributed by atoms with Gasteiger partial charge < -0.3 is 9.52 Å². The fourth-order valence-electron chi connectivity index (χ4n) is 2.04. The molecule has 0 aliphatic carbocycles. The topological polar surface area (TPSA) is 36.6 Å². The Bertz CT molecular complexity index is 271. The highest BCUT2D eigenvalue weighted by atomic mass is 16.3. The minimum atomic E-state index is -0.166. The van der Waals surface area contributed by atoms with Gasteiger partial charge in [0, 0.05) is 6.54 Å². The smallest absolute Gasteiger partial charge is 0.120 e. The third kappa shape index (κ3) is 1.99. The van der Waals surface area contributed by atoms with Crippen LogP contribution in [-0.4, -0.2) is 29.2 Å². The average Bonchev–Trinajstić information content (AvgIpc) is 2.69. The molecule has 2 heterocycles. The zero-order chi connectivity index (χ0) is 9.97. The van der Waals surface area contributed by atoms with Crippen LogP contribution in [0.1, 0.15) is 31.6 Å². The molecule has 0 spiro atoms. The fourth-order valence-corrected chi connectivity index (χ4v) is 2.04. The Morgan fingerprint density at radius 2 is 2.50 bits per heavy atom. The van der Waals surface area contributed by atoms with Crippen molar-refractivity contribution in [3.63, 3.8) is 0 Å². The first kappa shape index (κ1) is 9.74. The number of aliphatic hydroxyl groups excluding tert-OH is 1. The molecular weight excluding hydrogens is 178 g/mol. The first-order valence-electron chi connectivity index (χ1n) is 5.23. The first-order valence-corrected chi connectivity index (χ1v) is 5.23. The van der Waals surface area contributed by atoms with Gasteiger partial charge in [-0.1, -0.05) is 0 Å². The van der Waals surface area contributed by atoms with Crippen LogP contribution in [-0.2, 0) is 0 Å². The van der Waals surface area contributed by atoms with Gasteiger partial charge in [0.1, 0.15) is 5.76 Å². The molecule has 1 fully saturated rings. The molecule has 2 atom stereocenters. The number of β-amino-alcohol motifs (C(OH)–C–C–N with tert-alkyl or cyclic N) is 1. The van der Waals surface area contributed by atoms with Gasteiger partial charge in [0.25, 0.3) is 0 Å². The molecule has 14 heavy (non-hydrogen) atoms. The molecule has 0 bridgehead atoms. The lowest BCUT2D eigenvalue weighted by Gasteiger charge is -2.33. The minimum absolute atomic E-state index is 0.166. The molecule has 1 N–H and O–H groups in total. The summed E-state index contributed by atoms with van der Waals surface area (Å²) >= 11 is 0. The molecule has 0 amide bonds. The van der Waals surface area contributed by atoms with Crippen LogP contribution in [0.3, 0.4) is 0 Å². The minimum Gasteiger partial charge on any atom is -0.468 e. The molecule has 0 radical (unpaired) electrons. The summed E-state index contributed by atoms with van der Waals surface area (Å²) in [5.41, 5.74) is 0. The first-order chi connectivity index (χ1) is 6.77. The van der Waals surface area contributed by atoms with Gasteiger partial charge in [-0.3, -0.25) is 4.90 Å². The van der Waals surface area contributed by atoms with Gasteiger partial charge in [0.15, 0.2) is 0 Å². The summed E-state index contributed by atoms with van der Waals surface area (Å²) in [7, 11) is 0. The van der Waals surface area contributed by atoms with Gasteiger partial charge in [-0.05, 0) is 38.4 Å². The van der Waals surface area contributed by atoms with Crippen molar-refractivity contribution in [3.05, 3.63) is 24.2 Å². The highest BCUT2D eigenvalue weighted by molar-refractivity contribution is 5.04. The molecule has 78 valence electrons. The van der Waals surface area contributed by atoms with Crippen LogP contribution >= 0.6 is 0 Å². The fraction of sp³-hybridized carbons (Fsp3) is 0.636. The molecular formula is C11H17NO2. The van der Waals surface area contributed by atoms with E-state index in [1.807, 2.05) is 12.1 Å². The van der Waals surface area contributed by atoms with E-state index >= 15 is 0 Å². The van der Waals surface area contributed by atoms with Crippen molar-refractivity contribution < 1.29 is 9.52 Å². The van der Waals surface area contributed by atoms with Crippen LogP contribution in [0.15, 0.2) is 22.8 Å². The Morgan fingerprint density at radius 3 is 3.14 bits per heavy atom. The summed E-state index contributed by atoms with van der Waals surface area (Å²) in [4.78, 5) is 2.27. The van der Waals surface area contributed by atoms with E-state index < -0.39 is 0 Å². The molecule has 1 saturated heterocycles. The predicted octanol–water partition coefficient (Wildman–Crippen LogP) is 1.80. The Balaban J connectivity index is 2.00. The van der Waals surface area contributed by atoms with Crippen molar-refractivity contribution in [3.8, 4) is 0 Å². The second-order valence-corrected chi connectivity index (χ2v) is 3.98. The highest BCUT2D eigenvalue weighted by Crippen LogP contribution is 2.24. The van der Waals surface area contributed by atoms with E-state index in [0.29, 0.717) is 0 Å². The van der Waals surface area contributed by atoms with Crippen molar-refractivity contribution in [1.82, 2.24) is 4.90 Å². The quantitative estimate of drug-likeness (QED) is 0.781. The summed E-state index contributed by atoms with van der Waals surface area (Å²) in [5, 5.41) is 9.55. The van der Waals surface area contributed by atoms with E-state index in [-0.39, 0.29) is 12.1 Å². The van der Waals surface area contributed by atoms with Crippen molar-refractivity contribution in [1.29, 1.82) is 0 Å². The zero-order valence-electron chi connectivity index (χ0n) is 8.52. The standard InChI is InChI=1S/C11H17NO2/c1-9(11-5-3-7-14-11)12-6-2-4-10(13)8-12/h3,5,7,9-10,13H,2,4,6,8H2,1H3/t9-,10-/m1/s1. The van der Waals surface area contributed by atoms with Crippen molar-refractivity contribution in [2.45, 2.75) is 31.9 Å². The monoisotopic (exact) mass is 195 g/mol. The van der Waals surface area contributed by atoms with E-state index in [1.54, 1.807) is 6.26 Å². The molecule has 1 aromatic heterocycles. The van der Waals surface area contributed by atoms with Gasteiger partial charge in [0.05, 0.1) is 18.4 Å². The van der Waals surface area contributed by atoms with Gasteiger partial charge in [0.2, 0.25) is 0 Å². The van der Waals surface area contributed by atoms with Crippen LogP contribution in [0.4, 0.5) is 0 Å². The Labute approximate surface area is 84.3 Å². The van der Waals surface area contributed by atoms with Crippen LogP contribution < -0.4 is 0 Å². The largest absolute Gasteiger partial charge is 0.468 e. The van der Waals surface area contributed by atoms with Gasteiger partial charge in [-0.25, -0.2) is 0 Å². The van der Waals surface area contributed by atoms with Gasteiger partial charge in [-0.2, -0.15) is 0 Å². The molecule has 3 heteroatoms. The van der Waals surface area contributed by atoms with Crippen LogP contribution in [0.5, 0.6) is 0 Å². The normalized spacial score (nSPS) is 26.3. The maximum atomic E-state index is 9.55. The molecule has 3 nitrogen and oxygen atoms in total. The van der Waals surface area contributed by atoms with Crippen LogP contribution in [0, 0.1) is 0 Å². The summed E-state index contributed by atoms with van der Waals surface area (Å²) in [6.45, 7) is 3.94. The number of furan rings is 1. The maximum absolute atomic E-state index is 9.55. The SMILES string of the molecule is C[C@H](c1ccco1)N1CCC[C@@H](O)C1. The lowest BCUT2D eigenvalue weighted by molar-refractivity contribution is 0.0452. The van der Waals surface area contributed by atoms with Crippen LogP contribution in [0.2, 0.25) is 0 Å². The predicted molar refractivity (Wildman–Crippen MR) is 53.9 cm³/mol. The van der Waals surface area contributed by atoms with Gasteiger partial charge >= 0.3 is 0 Å². The molecule has 0 saturated carbocycles. The van der Waals surface area contributed by atoms with Gasteiger partial charge in [-0.15, -0.1) is 0 Å². The average molecular weight is 195 g/mol. The molecule has 2 rings (SSSR count). The lowest BCUT2D eigenvalue weighted by Crippen LogP contribution is -2.39. The molecule has 1 aliphatic heterocycles. The molecule has 1 aromatic rings. The summed E-state index contributed by atoms with van der Waals surface area (Å²) in [5.74, 6) is 0.985. The Morgan fingerprint density at radius 1 is 1.64 bits per heavy atom. The molecule has 0 aromatic carbocycles. The molecule has 1 aliphatic rings. The van der Waals surface area contributed by atoms with Crippen molar-refractivity contribution in [2.24, 2.45) is 0 Å². The number of hydrogen-bond acceptors (Lipinski definition) is 3. The highest BCUT2D eigenvalue weighted by Gasteiger charge is 2.23. The third-order valence-corrected chi connectivity index (χ3v) is 2.93. The number of aliphatic hydroxyl groups is 1. The summed E-state index contributed by atoms with van der Waals surface area (Å²) < 4.78 is 5.36. The van der Waals surface area contributed by atoms with E-state index in [2.05, 4.69) is 11.8 Å². The number of rotatable bonds is 2. The maximum Gasteiger partial charge on any atom is 0.120 e. The van der Waals surface area contributed by atoms with Crippen LogP contribution in [0.25, 0.3) is 0 Å².